The summed E-state index contributed by atoms with van der Waals surface area (Å²) in [4.78, 5) is 15.8. The minimum absolute atomic E-state index is 0.0141. The summed E-state index contributed by atoms with van der Waals surface area (Å²) in [6.07, 6.45) is -1.59. The van der Waals surface area contributed by atoms with E-state index >= 15 is 0 Å². The number of carbonyl (C=O) groups excluding carboxylic acids is 1. The third-order valence-corrected chi connectivity index (χ3v) is 2.61. The van der Waals surface area contributed by atoms with Gasteiger partial charge in [0.2, 0.25) is 0 Å². The monoisotopic (exact) mass is 289 g/mol. The number of nitrogens with zero attached hydrogens (tertiary/aromatic N) is 1. The van der Waals surface area contributed by atoms with E-state index in [0.717, 1.165) is 0 Å². The first kappa shape index (κ1) is 16.3. The van der Waals surface area contributed by atoms with Crippen LogP contribution < -0.4 is 10.6 Å². The molecule has 0 bridgehead atoms. The largest absolute Gasteiger partial charge is 0.389 e. The molecule has 1 heterocycles. The lowest BCUT2D eigenvalue weighted by Crippen LogP contribution is -2.25. The minimum Gasteiger partial charge on any atom is -0.383 e. The van der Waals surface area contributed by atoms with E-state index in [4.69, 9.17) is 0 Å². The molecule has 4 nitrogen and oxygen atoms in total. The van der Waals surface area contributed by atoms with Crippen molar-refractivity contribution in [3.8, 4) is 0 Å². The number of nitrogens with one attached hydrogen (secondary N) is 2. The van der Waals surface area contributed by atoms with Gasteiger partial charge >= 0.3 is 6.18 Å². The Hall–Kier alpha value is -1.79. The predicted molar refractivity (Wildman–Crippen MR) is 70.6 cm³/mol. The van der Waals surface area contributed by atoms with Gasteiger partial charge in [-0.3, -0.25) is 9.78 Å². The molecule has 7 heteroatoms. The highest BCUT2D eigenvalue weighted by Gasteiger charge is 2.25. The highest BCUT2D eigenvalue weighted by molar-refractivity contribution is 5.99. The molecule has 112 valence electrons. The molecule has 0 fully saturated rings. The quantitative estimate of drug-likeness (QED) is 0.759. The molecule has 0 aliphatic rings. The first-order chi connectivity index (χ1) is 9.44. The molecule has 0 aromatic carbocycles. The third-order valence-electron chi connectivity index (χ3n) is 2.61. The molecule has 1 aromatic rings. The van der Waals surface area contributed by atoms with E-state index in [0.29, 0.717) is 24.2 Å². The molecule has 0 radical (unpaired) electrons. The van der Waals surface area contributed by atoms with Crippen molar-refractivity contribution < 1.29 is 18.0 Å². The Labute approximate surface area is 115 Å². The van der Waals surface area contributed by atoms with E-state index in [1.165, 1.54) is 6.20 Å². The van der Waals surface area contributed by atoms with Crippen molar-refractivity contribution >= 4 is 11.6 Å². The second kappa shape index (κ2) is 7.72. The van der Waals surface area contributed by atoms with Crippen LogP contribution >= 0.6 is 0 Å². The molecule has 0 aliphatic carbocycles. The molecule has 1 rings (SSSR count). The molecule has 1 aromatic heterocycles. The molecule has 20 heavy (non-hydrogen) atoms. The van der Waals surface area contributed by atoms with Crippen LogP contribution in [0.25, 0.3) is 0 Å². The van der Waals surface area contributed by atoms with Gasteiger partial charge in [0.25, 0.3) is 5.91 Å². The van der Waals surface area contributed by atoms with Crippen LogP contribution in [0, 0.1) is 0 Å². The zero-order chi connectivity index (χ0) is 15.0. The summed E-state index contributed by atoms with van der Waals surface area (Å²) in [6.45, 7) is 2.77. The summed E-state index contributed by atoms with van der Waals surface area (Å²) >= 11 is 0. The van der Waals surface area contributed by atoms with Crippen molar-refractivity contribution in [1.29, 1.82) is 0 Å². The lowest BCUT2D eigenvalue weighted by Gasteiger charge is -2.10. The Bertz CT molecular complexity index is 435. The zero-order valence-electron chi connectivity index (χ0n) is 11.3. The van der Waals surface area contributed by atoms with Crippen LogP contribution in [0.5, 0.6) is 0 Å². The van der Waals surface area contributed by atoms with Crippen molar-refractivity contribution in [2.75, 3.05) is 18.4 Å². The van der Waals surface area contributed by atoms with Gasteiger partial charge in [0.1, 0.15) is 0 Å². The number of aromatic nitrogens is 1. The summed E-state index contributed by atoms with van der Waals surface area (Å²) in [5, 5.41) is 5.62. The van der Waals surface area contributed by atoms with Gasteiger partial charge in [0, 0.05) is 25.7 Å². The summed E-state index contributed by atoms with van der Waals surface area (Å²) in [5.41, 5.74) is 1.06. The van der Waals surface area contributed by atoms with Gasteiger partial charge in [0.05, 0.1) is 17.4 Å². The van der Waals surface area contributed by atoms with Crippen molar-refractivity contribution in [2.24, 2.45) is 0 Å². The number of alkyl halides is 3. The normalized spacial score (nSPS) is 11.2. The Balaban J connectivity index is 2.40. The van der Waals surface area contributed by atoms with Crippen LogP contribution in [0.15, 0.2) is 18.5 Å². The van der Waals surface area contributed by atoms with Crippen molar-refractivity contribution in [1.82, 2.24) is 10.3 Å². The van der Waals surface area contributed by atoms with Crippen molar-refractivity contribution in [3.05, 3.63) is 24.0 Å². The van der Waals surface area contributed by atoms with E-state index in [2.05, 4.69) is 15.6 Å². The van der Waals surface area contributed by atoms with Gasteiger partial charge in [-0.1, -0.05) is 0 Å². The molecular formula is C13H18F3N3O. The van der Waals surface area contributed by atoms with Crippen LogP contribution in [0.2, 0.25) is 0 Å². The van der Waals surface area contributed by atoms with E-state index < -0.39 is 12.6 Å². The first-order valence-corrected chi connectivity index (χ1v) is 6.47. The second-order valence-corrected chi connectivity index (χ2v) is 4.28. The fourth-order valence-electron chi connectivity index (χ4n) is 1.67. The number of halogens is 3. The SMILES string of the molecule is CCNc1cnccc1C(=O)NCCCCC(F)(F)F. The number of unbranched alkanes of at least 4 members (excludes halogenated alkanes) is 1. The maximum atomic E-state index is 11.9. The predicted octanol–water partition coefficient (Wildman–Crippen LogP) is 2.98. The summed E-state index contributed by atoms with van der Waals surface area (Å²) < 4.78 is 35.8. The number of amides is 1. The summed E-state index contributed by atoms with van der Waals surface area (Å²) in [6, 6.07) is 1.57. The van der Waals surface area contributed by atoms with Gasteiger partial charge in [0.15, 0.2) is 0 Å². The lowest BCUT2D eigenvalue weighted by molar-refractivity contribution is -0.135. The molecule has 0 saturated heterocycles. The number of anilines is 1. The minimum atomic E-state index is -4.13. The van der Waals surface area contributed by atoms with Gasteiger partial charge in [-0.15, -0.1) is 0 Å². The van der Waals surface area contributed by atoms with Crippen LogP contribution in [-0.2, 0) is 0 Å². The first-order valence-electron chi connectivity index (χ1n) is 6.47. The Kier molecular flexibility index (Phi) is 6.27. The third kappa shape index (κ3) is 5.90. The van der Waals surface area contributed by atoms with Gasteiger partial charge in [-0.2, -0.15) is 13.2 Å². The fourth-order valence-corrected chi connectivity index (χ4v) is 1.67. The van der Waals surface area contributed by atoms with Crippen molar-refractivity contribution in [2.45, 2.75) is 32.4 Å². The number of hydrogen-bond donors (Lipinski definition) is 2. The average molecular weight is 289 g/mol. The highest BCUT2D eigenvalue weighted by atomic mass is 19.4. The molecule has 0 saturated carbocycles. The van der Waals surface area contributed by atoms with Crippen molar-refractivity contribution in [3.63, 3.8) is 0 Å². The number of hydrogen-bond acceptors (Lipinski definition) is 3. The smallest absolute Gasteiger partial charge is 0.383 e. The standard InChI is InChI=1S/C13H18F3N3O/c1-2-18-11-9-17-8-5-10(11)12(20)19-7-4-3-6-13(14,15)16/h5,8-9,18H,2-4,6-7H2,1H3,(H,19,20). The molecule has 1 amide bonds. The Morgan fingerprint density at radius 1 is 1.35 bits per heavy atom. The number of carbonyl (C=O) groups is 1. The molecule has 0 spiro atoms. The Morgan fingerprint density at radius 3 is 2.75 bits per heavy atom. The Morgan fingerprint density at radius 2 is 2.10 bits per heavy atom. The lowest BCUT2D eigenvalue weighted by atomic mass is 10.2. The van der Waals surface area contributed by atoms with Crippen LogP contribution in [0.4, 0.5) is 18.9 Å². The highest BCUT2D eigenvalue weighted by Crippen LogP contribution is 2.21. The van der Waals surface area contributed by atoms with E-state index in [9.17, 15) is 18.0 Å². The zero-order valence-corrected chi connectivity index (χ0v) is 11.3. The molecule has 0 aliphatic heterocycles. The molecule has 0 atom stereocenters. The fraction of sp³-hybridized carbons (Fsp3) is 0.538. The number of rotatable bonds is 7. The maximum absolute atomic E-state index is 11.9. The summed E-state index contributed by atoms with van der Waals surface area (Å²) in [5.74, 6) is -0.310. The van der Waals surface area contributed by atoms with Gasteiger partial charge in [-0.05, 0) is 25.8 Å². The second-order valence-electron chi connectivity index (χ2n) is 4.28. The average Bonchev–Trinajstić information content (AvgIpc) is 2.38. The summed E-state index contributed by atoms with van der Waals surface area (Å²) in [7, 11) is 0. The van der Waals surface area contributed by atoms with Crippen LogP contribution in [0.1, 0.15) is 36.5 Å². The van der Waals surface area contributed by atoms with Crippen LogP contribution in [-0.4, -0.2) is 30.2 Å². The van der Waals surface area contributed by atoms with E-state index in [1.807, 2.05) is 6.92 Å². The van der Waals surface area contributed by atoms with Crippen LogP contribution in [0.3, 0.4) is 0 Å². The van der Waals surface area contributed by atoms with Gasteiger partial charge < -0.3 is 10.6 Å². The topological polar surface area (TPSA) is 54.0 Å². The van der Waals surface area contributed by atoms with Gasteiger partial charge in [-0.25, -0.2) is 0 Å². The van der Waals surface area contributed by atoms with E-state index in [-0.39, 0.29) is 18.9 Å². The molecular weight excluding hydrogens is 271 g/mol. The molecule has 2 N–H and O–H groups in total. The molecule has 0 unspecified atom stereocenters. The van der Waals surface area contributed by atoms with E-state index in [1.54, 1.807) is 12.3 Å². The maximum Gasteiger partial charge on any atom is 0.389 e. The number of pyridine rings is 1.